The van der Waals surface area contributed by atoms with E-state index in [9.17, 15) is 4.79 Å². The molecule has 1 aliphatic heterocycles. The Bertz CT molecular complexity index is 715. The van der Waals surface area contributed by atoms with Gasteiger partial charge in [0.1, 0.15) is 11.8 Å². The first-order valence-corrected chi connectivity index (χ1v) is 6.75. The van der Waals surface area contributed by atoms with E-state index in [-0.39, 0.29) is 11.7 Å². The first-order chi connectivity index (χ1) is 9.58. The van der Waals surface area contributed by atoms with Crippen molar-refractivity contribution < 1.29 is 9.47 Å². The molecule has 1 aliphatic rings. The molecule has 2 aromatic rings. The lowest BCUT2D eigenvalue weighted by molar-refractivity contribution is -0.0923. The minimum atomic E-state index is -0.367. The Morgan fingerprint density at radius 2 is 2.00 bits per heavy atom. The van der Waals surface area contributed by atoms with E-state index in [1.54, 1.807) is 11.6 Å². The number of ether oxygens (including phenoxy) is 2. The highest BCUT2D eigenvalue weighted by Crippen LogP contribution is 2.21. The molecule has 1 fully saturated rings. The van der Waals surface area contributed by atoms with Gasteiger partial charge in [0, 0.05) is 7.05 Å². The summed E-state index contributed by atoms with van der Waals surface area (Å²) < 4.78 is 12.6. The van der Waals surface area contributed by atoms with Gasteiger partial charge in [-0.2, -0.15) is 0 Å². The third-order valence-corrected chi connectivity index (χ3v) is 3.84. The van der Waals surface area contributed by atoms with Crippen molar-refractivity contribution in [1.82, 2.24) is 9.55 Å². The van der Waals surface area contributed by atoms with E-state index in [4.69, 9.17) is 9.47 Å². The molecule has 1 saturated heterocycles. The zero-order valence-electron chi connectivity index (χ0n) is 12.0. The van der Waals surface area contributed by atoms with E-state index in [1.165, 1.54) is 0 Å². The van der Waals surface area contributed by atoms with Gasteiger partial charge in [-0.25, -0.2) is 4.98 Å². The van der Waals surface area contributed by atoms with Crippen molar-refractivity contribution in [3.8, 4) is 0 Å². The van der Waals surface area contributed by atoms with E-state index in [2.05, 4.69) is 4.98 Å². The summed E-state index contributed by atoms with van der Waals surface area (Å²) in [6, 6.07) is 4.01. The maximum atomic E-state index is 12.4. The molecular weight excluding hydrogens is 256 g/mol. The fourth-order valence-electron chi connectivity index (χ4n) is 2.46. The summed E-state index contributed by atoms with van der Waals surface area (Å²) in [5, 5.41) is 0. The maximum absolute atomic E-state index is 12.4. The number of fused-ring (bicyclic) bond motifs is 1. The molecule has 20 heavy (non-hydrogen) atoms. The van der Waals surface area contributed by atoms with Crippen molar-refractivity contribution in [1.29, 1.82) is 0 Å². The highest BCUT2D eigenvalue weighted by atomic mass is 16.6. The number of nitrogens with zero attached hydrogens (tertiary/aromatic N) is 2. The molecule has 0 aliphatic carbocycles. The first-order valence-electron chi connectivity index (χ1n) is 6.75. The summed E-state index contributed by atoms with van der Waals surface area (Å²) >= 11 is 0. The van der Waals surface area contributed by atoms with Crippen molar-refractivity contribution in [2.45, 2.75) is 20.0 Å². The molecule has 1 atom stereocenters. The fourth-order valence-corrected chi connectivity index (χ4v) is 2.46. The molecule has 0 N–H and O–H groups in total. The van der Waals surface area contributed by atoms with Crippen LogP contribution in [0.4, 0.5) is 0 Å². The largest absolute Gasteiger partial charge is 0.376 e. The van der Waals surface area contributed by atoms with Gasteiger partial charge in [0.05, 0.1) is 30.9 Å². The van der Waals surface area contributed by atoms with Gasteiger partial charge in [-0.05, 0) is 37.1 Å². The van der Waals surface area contributed by atoms with E-state index >= 15 is 0 Å². The molecule has 1 aromatic heterocycles. The maximum Gasteiger partial charge on any atom is 0.275 e. The summed E-state index contributed by atoms with van der Waals surface area (Å²) in [5.41, 5.74) is 4.30. The second-order valence-corrected chi connectivity index (χ2v) is 5.22. The molecule has 5 heteroatoms. The summed E-state index contributed by atoms with van der Waals surface area (Å²) in [7, 11) is 1.77. The molecule has 0 saturated carbocycles. The van der Waals surface area contributed by atoms with Crippen LogP contribution in [0.15, 0.2) is 16.9 Å². The van der Waals surface area contributed by atoms with Crippen LogP contribution in [0.1, 0.15) is 22.9 Å². The molecule has 3 rings (SSSR count). The molecule has 0 radical (unpaired) electrons. The van der Waals surface area contributed by atoms with Gasteiger partial charge in [0.15, 0.2) is 0 Å². The summed E-state index contributed by atoms with van der Waals surface area (Å²) in [5.74, 6) is 0. The zero-order chi connectivity index (χ0) is 14.3. The monoisotopic (exact) mass is 274 g/mol. The predicted octanol–water partition coefficient (Wildman–Crippen LogP) is 1.64. The van der Waals surface area contributed by atoms with Crippen molar-refractivity contribution >= 4 is 11.0 Å². The molecule has 0 spiro atoms. The number of hydrogen-bond donors (Lipinski definition) is 0. The quantitative estimate of drug-likeness (QED) is 0.793. The number of hydrogen-bond acceptors (Lipinski definition) is 4. The smallest absolute Gasteiger partial charge is 0.275 e. The van der Waals surface area contributed by atoms with Crippen LogP contribution in [0, 0.1) is 13.8 Å². The lowest BCUT2D eigenvalue weighted by atomic mass is 10.1. The normalized spacial score (nSPS) is 19.4. The Balaban J connectivity index is 2.21. The van der Waals surface area contributed by atoms with Crippen molar-refractivity contribution in [2.75, 3.05) is 19.8 Å². The van der Waals surface area contributed by atoms with Crippen molar-refractivity contribution in [3.05, 3.63) is 39.3 Å². The SMILES string of the molecule is Cc1cc2nc([C@@H]3COCCO3)c(=O)n(C)c2cc1C. The van der Waals surface area contributed by atoms with E-state index in [1.807, 2.05) is 26.0 Å². The van der Waals surface area contributed by atoms with Gasteiger partial charge in [-0.15, -0.1) is 0 Å². The van der Waals surface area contributed by atoms with Crippen LogP contribution in [0.5, 0.6) is 0 Å². The van der Waals surface area contributed by atoms with Crippen LogP contribution >= 0.6 is 0 Å². The third-order valence-electron chi connectivity index (χ3n) is 3.84. The molecule has 5 nitrogen and oxygen atoms in total. The van der Waals surface area contributed by atoms with Crippen LogP contribution in [0.3, 0.4) is 0 Å². The van der Waals surface area contributed by atoms with E-state index in [0.29, 0.717) is 25.5 Å². The average Bonchev–Trinajstić information content (AvgIpc) is 2.46. The van der Waals surface area contributed by atoms with Gasteiger partial charge in [-0.1, -0.05) is 0 Å². The molecule has 1 aromatic carbocycles. The molecule has 2 heterocycles. The average molecular weight is 274 g/mol. The summed E-state index contributed by atoms with van der Waals surface area (Å²) in [6.45, 7) is 5.54. The second-order valence-electron chi connectivity index (χ2n) is 5.22. The highest BCUT2D eigenvalue weighted by Gasteiger charge is 2.23. The van der Waals surface area contributed by atoms with Gasteiger partial charge in [0.25, 0.3) is 5.56 Å². The highest BCUT2D eigenvalue weighted by molar-refractivity contribution is 5.76. The Morgan fingerprint density at radius 1 is 1.25 bits per heavy atom. The Hall–Kier alpha value is -1.72. The fraction of sp³-hybridized carbons (Fsp3) is 0.467. The molecule has 0 unspecified atom stereocenters. The minimum Gasteiger partial charge on any atom is -0.376 e. The molecule has 106 valence electrons. The standard InChI is InChI=1S/C15H18N2O3/c1-9-6-11-12(7-10(9)2)17(3)15(18)14(16-11)13-8-19-4-5-20-13/h6-7,13H,4-5,8H2,1-3H3/t13-/m0/s1. The van der Waals surface area contributed by atoms with Crippen LogP contribution in [0.25, 0.3) is 11.0 Å². The van der Waals surface area contributed by atoms with E-state index < -0.39 is 0 Å². The molecule has 0 bridgehead atoms. The number of aromatic nitrogens is 2. The van der Waals surface area contributed by atoms with Crippen LogP contribution < -0.4 is 5.56 Å². The number of aryl methyl sites for hydroxylation is 3. The predicted molar refractivity (Wildman–Crippen MR) is 76.0 cm³/mol. The summed E-state index contributed by atoms with van der Waals surface area (Å²) in [4.78, 5) is 17.0. The Morgan fingerprint density at radius 3 is 2.70 bits per heavy atom. The topological polar surface area (TPSA) is 53.4 Å². The Kier molecular flexibility index (Phi) is 3.31. The second kappa shape index (κ2) is 5.00. The van der Waals surface area contributed by atoms with Crippen LogP contribution in [0.2, 0.25) is 0 Å². The van der Waals surface area contributed by atoms with Crippen LogP contribution in [-0.2, 0) is 16.5 Å². The van der Waals surface area contributed by atoms with Crippen molar-refractivity contribution in [3.63, 3.8) is 0 Å². The number of rotatable bonds is 1. The lowest BCUT2D eigenvalue weighted by Crippen LogP contribution is -2.31. The molecule has 0 amide bonds. The lowest BCUT2D eigenvalue weighted by Gasteiger charge is -2.22. The van der Waals surface area contributed by atoms with Crippen LogP contribution in [-0.4, -0.2) is 29.4 Å². The number of benzene rings is 1. The minimum absolute atomic E-state index is 0.115. The zero-order valence-corrected chi connectivity index (χ0v) is 12.0. The van der Waals surface area contributed by atoms with Gasteiger partial charge in [-0.3, -0.25) is 4.79 Å². The van der Waals surface area contributed by atoms with Gasteiger partial charge in [0.2, 0.25) is 0 Å². The van der Waals surface area contributed by atoms with Crippen molar-refractivity contribution in [2.24, 2.45) is 7.05 Å². The summed E-state index contributed by atoms with van der Waals surface area (Å²) in [6.07, 6.45) is -0.367. The first kappa shape index (κ1) is 13.3. The Labute approximate surface area is 117 Å². The molecular formula is C15H18N2O3. The van der Waals surface area contributed by atoms with Gasteiger partial charge >= 0.3 is 0 Å². The van der Waals surface area contributed by atoms with E-state index in [0.717, 1.165) is 22.2 Å². The van der Waals surface area contributed by atoms with Gasteiger partial charge < -0.3 is 14.0 Å². The third kappa shape index (κ3) is 2.13.